The van der Waals surface area contributed by atoms with Crippen molar-refractivity contribution < 1.29 is 0 Å². The number of nitrogens with one attached hydrogen (secondary N) is 1. The van der Waals surface area contributed by atoms with Gasteiger partial charge in [0.25, 0.3) is 0 Å². The summed E-state index contributed by atoms with van der Waals surface area (Å²) in [4.78, 5) is 0. The smallest absolute Gasteiger partial charge is 0.0211 e. The molecule has 1 unspecified atom stereocenters. The van der Waals surface area contributed by atoms with Gasteiger partial charge in [-0.05, 0) is 41.7 Å². The first kappa shape index (κ1) is 9.71. The Bertz CT molecular complexity index is 192. The molecule has 1 aromatic heterocycles. The van der Waals surface area contributed by atoms with Crippen LogP contribution in [0.5, 0.6) is 0 Å². The molecule has 2 nitrogen and oxygen atoms in total. The zero-order chi connectivity index (χ0) is 8.81. The third kappa shape index (κ3) is 2.93. The van der Waals surface area contributed by atoms with Gasteiger partial charge in [-0.25, -0.2) is 0 Å². The average Bonchev–Trinajstić information content (AvgIpc) is 2.59. The van der Waals surface area contributed by atoms with Crippen LogP contribution in [-0.4, -0.2) is 6.04 Å². The van der Waals surface area contributed by atoms with Crippen molar-refractivity contribution in [2.75, 3.05) is 0 Å². The summed E-state index contributed by atoms with van der Waals surface area (Å²) < 4.78 is 0. The fourth-order valence-electron chi connectivity index (χ4n) is 1.18. The summed E-state index contributed by atoms with van der Waals surface area (Å²) in [7, 11) is 0. The first-order valence-electron chi connectivity index (χ1n) is 4.34. The maximum Gasteiger partial charge on any atom is 0.0211 e. The van der Waals surface area contributed by atoms with Gasteiger partial charge in [0.15, 0.2) is 0 Å². The fourth-order valence-corrected chi connectivity index (χ4v) is 1.88. The van der Waals surface area contributed by atoms with Gasteiger partial charge in [0.1, 0.15) is 0 Å². The lowest BCUT2D eigenvalue weighted by molar-refractivity contribution is 0.481. The number of hydrazine groups is 1. The van der Waals surface area contributed by atoms with Crippen LogP contribution in [0.3, 0.4) is 0 Å². The standard InChI is InChI=1S/C9H16N2S/c1-2-9(11-10)4-3-8-5-6-12-7-8/h5-7,9,11H,2-4,10H2,1H3. The van der Waals surface area contributed by atoms with E-state index in [4.69, 9.17) is 5.84 Å². The van der Waals surface area contributed by atoms with Crippen LogP contribution in [0.15, 0.2) is 16.8 Å². The number of rotatable bonds is 5. The van der Waals surface area contributed by atoms with Crippen LogP contribution in [0, 0.1) is 0 Å². The minimum atomic E-state index is 0.463. The monoisotopic (exact) mass is 184 g/mol. The number of aryl methyl sites for hydroxylation is 1. The molecule has 3 heteroatoms. The first-order chi connectivity index (χ1) is 5.86. The Balaban J connectivity index is 2.25. The highest BCUT2D eigenvalue weighted by Gasteiger charge is 2.03. The van der Waals surface area contributed by atoms with Crippen LogP contribution in [0.1, 0.15) is 25.3 Å². The van der Waals surface area contributed by atoms with Crippen molar-refractivity contribution in [2.45, 2.75) is 32.2 Å². The van der Waals surface area contributed by atoms with E-state index in [9.17, 15) is 0 Å². The predicted octanol–water partition coefficient (Wildman–Crippen LogP) is 1.92. The second-order valence-corrected chi connectivity index (χ2v) is 3.72. The third-order valence-corrected chi connectivity index (χ3v) is 2.82. The summed E-state index contributed by atoms with van der Waals surface area (Å²) in [5, 5.41) is 4.31. The predicted molar refractivity (Wildman–Crippen MR) is 54.0 cm³/mol. The van der Waals surface area contributed by atoms with Crippen molar-refractivity contribution in [3.05, 3.63) is 22.4 Å². The van der Waals surface area contributed by atoms with E-state index in [1.807, 2.05) is 0 Å². The minimum Gasteiger partial charge on any atom is -0.271 e. The van der Waals surface area contributed by atoms with Crippen LogP contribution in [-0.2, 0) is 6.42 Å². The van der Waals surface area contributed by atoms with E-state index < -0.39 is 0 Å². The summed E-state index contributed by atoms with van der Waals surface area (Å²) in [6, 6.07) is 2.64. The van der Waals surface area contributed by atoms with E-state index in [1.54, 1.807) is 11.3 Å². The molecule has 1 atom stereocenters. The maximum atomic E-state index is 5.38. The van der Waals surface area contributed by atoms with E-state index in [2.05, 4.69) is 29.2 Å². The zero-order valence-electron chi connectivity index (χ0n) is 7.42. The molecule has 0 aliphatic rings. The molecule has 0 amide bonds. The first-order valence-corrected chi connectivity index (χ1v) is 5.28. The molecule has 0 aliphatic carbocycles. The van der Waals surface area contributed by atoms with Crippen LogP contribution < -0.4 is 11.3 Å². The second kappa shape index (κ2) is 5.30. The topological polar surface area (TPSA) is 38.0 Å². The van der Waals surface area contributed by atoms with Gasteiger partial charge < -0.3 is 0 Å². The van der Waals surface area contributed by atoms with Gasteiger partial charge in [-0.15, -0.1) is 0 Å². The highest BCUT2D eigenvalue weighted by Crippen LogP contribution is 2.10. The van der Waals surface area contributed by atoms with Gasteiger partial charge in [-0.2, -0.15) is 11.3 Å². The molecule has 0 bridgehead atoms. The lowest BCUT2D eigenvalue weighted by atomic mass is 10.1. The van der Waals surface area contributed by atoms with E-state index in [-0.39, 0.29) is 0 Å². The molecule has 0 saturated heterocycles. The van der Waals surface area contributed by atoms with Crippen molar-refractivity contribution in [1.29, 1.82) is 0 Å². The Labute approximate surface area is 77.8 Å². The molecule has 0 spiro atoms. The van der Waals surface area contributed by atoms with Crippen molar-refractivity contribution >= 4 is 11.3 Å². The molecule has 12 heavy (non-hydrogen) atoms. The van der Waals surface area contributed by atoms with Crippen molar-refractivity contribution in [3.8, 4) is 0 Å². The van der Waals surface area contributed by atoms with Crippen LogP contribution in [0.4, 0.5) is 0 Å². The molecule has 1 heterocycles. The summed E-state index contributed by atoms with van der Waals surface area (Å²) in [5.41, 5.74) is 4.24. The molecule has 0 saturated carbocycles. The molecule has 0 aromatic carbocycles. The lowest BCUT2D eigenvalue weighted by Crippen LogP contribution is -2.34. The highest BCUT2D eigenvalue weighted by molar-refractivity contribution is 7.07. The molecule has 3 N–H and O–H groups in total. The Morgan fingerprint density at radius 1 is 1.67 bits per heavy atom. The number of nitrogens with two attached hydrogens (primary N) is 1. The number of hydrogen-bond donors (Lipinski definition) is 2. The van der Waals surface area contributed by atoms with E-state index in [0.717, 1.165) is 19.3 Å². The van der Waals surface area contributed by atoms with Crippen molar-refractivity contribution in [3.63, 3.8) is 0 Å². The zero-order valence-corrected chi connectivity index (χ0v) is 8.23. The van der Waals surface area contributed by atoms with Crippen LogP contribution in [0.2, 0.25) is 0 Å². The van der Waals surface area contributed by atoms with E-state index in [0.29, 0.717) is 6.04 Å². The quantitative estimate of drug-likeness (QED) is 0.542. The molecule has 0 radical (unpaired) electrons. The summed E-state index contributed by atoms with van der Waals surface area (Å²) in [6.45, 7) is 2.15. The molecule has 68 valence electrons. The molecule has 1 rings (SSSR count). The molecular weight excluding hydrogens is 168 g/mol. The Morgan fingerprint density at radius 2 is 2.50 bits per heavy atom. The highest BCUT2D eigenvalue weighted by atomic mass is 32.1. The maximum absolute atomic E-state index is 5.38. The molecule has 1 aromatic rings. The van der Waals surface area contributed by atoms with Crippen LogP contribution in [0.25, 0.3) is 0 Å². The van der Waals surface area contributed by atoms with Gasteiger partial charge in [-0.1, -0.05) is 6.92 Å². The lowest BCUT2D eigenvalue weighted by Gasteiger charge is -2.11. The molecule has 0 aliphatic heterocycles. The van der Waals surface area contributed by atoms with Crippen molar-refractivity contribution in [1.82, 2.24) is 5.43 Å². The van der Waals surface area contributed by atoms with Gasteiger partial charge in [-0.3, -0.25) is 11.3 Å². The van der Waals surface area contributed by atoms with Gasteiger partial charge in [0.05, 0.1) is 0 Å². The SMILES string of the molecule is CCC(CCc1ccsc1)NN. The van der Waals surface area contributed by atoms with Crippen molar-refractivity contribution in [2.24, 2.45) is 5.84 Å². The van der Waals surface area contributed by atoms with Gasteiger partial charge in [0, 0.05) is 6.04 Å². The number of hydrogen-bond acceptors (Lipinski definition) is 3. The second-order valence-electron chi connectivity index (χ2n) is 2.94. The Kier molecular flexibility index (Phi) is 4.29. The van der Waals surface area contributed by atoms with Gasteiger partial charge in [0.2, 0.25) is 0 Å². The number of thiophene rings is 1. The largest absolute Gasteiger partial charge is 0.271 e. The summed E-state index contributed by atoms with van der Waals surface area (Å²) in [5.74, 6) is 5.38. The third-order valence-electron chi connectivity index (χ3n) is 2.09. The summed E-state index contributed by atoms with van der Waals surface area (Å²) >= 11 is 1.75. The Morgan fingerprint density at radius 3 is 3.00 bits per heavy atom. The molecule has 0 fully saturated rings. The van der Waals surface area contributed by atoms with E-state index in [1.165, 1.54) is 5.56 Å². The molecular formula is C9H16N2S. The van der Waals surface area contributed by atoms with E-state index >= 15 is 0 Å². The fraction of sp³-hybridized carbons (Fsp3) is 0.556. The normalized spacial score (nSPS) is 13.2. The summed E-state index contributed by atoms with van der Waals surface area (Å²) in [6.07, 6.45) is 3.36. The average molecular weight is 184 g/mol. The van der Waals surface area contributed by atoms with Gasteiger partial charge >= 0.3 is 0 Å². The minimum absolute atomic E-state index is 0.463. The Hall–Kier alpha value is -0.380. The van der Waals surface area contributed by atoms with Crippen LogP contribution >= 0.6 is 11.3 Å².